The fraction of sp³-hybridized carbons (Fsp3) is 0.368. The molecule has 516 valence electrons. The van der Waals surface area contributed by atoms with Crippen molar-refractivity contribution in [3.63, 3.8) is 0 Å². The molecular formula is C76H82F2N16O4S2. The summed E-state index contributed by atoms with van der Waals surface area (Å²) in [6, 6.07) is 30.9. The van der Waals surface area contributed by atoms with Crippen LogP contribution < -0.4 is 0 Å². The molecular weight excluding hydrogens is 1300 g/mol. The summed E-state index contributed by atoms with van der Waals surface area (Å²) in [5.74, 6) is 0.209. The number of ether oxygens (including phenoxy) is 1. The number of fused-ring (bicyclic) bond motifs is 20. The first kappa shape index (κ1) is 68.8. The summed E-state index contributed by atoms with van der Waals surface area (Å²) in [5, 5.41) is 39.8. The van der Waals surface area contributed by atoms with Crippen molar-refractivity contribution >= 4 is 57.3 Å². The number of benzene rings is 4. The third-order valence-electron chi connectivity index (χ3n) is 20.0. The summed E-state index contributed by atoms with van der Waals surface area (Å²) in [7, 11) is 3.74. The van der Waals surface area contributed by atoms with E-state index in [1.54, 1.807) is 39.4 Å². The Bertz CT molecular complexity index is 5010. The number of aromatic nitrogens is 16. The Morgan fingerprint density at radius 1 is 0.630 bits per heavy atom. The van der Waals surface area contributed by atoms with Crippen LogP contribution >= 0.6 is 23.5 Å². The Balaban J connectivity index is 0.000000179. The molecule has 0 saturated heterocycles. The van der Waals surface area contributed by atoms with Crippen LogP contribution in [-0.4, -0.2) is 103 Å². The van der Waals surface area contributed by atoms with E-state index in [1.807, 2.05) is 117 Å². The van der Waals surface area contributed by atoms with E-state index in [0.717, 1.165) is 128 Å². The number of hydrogen-bond acceptors (Lipinski definition) is 15. The van der Waals surface area contributed by atoms with Gasteiger partial charge in [0.05, 0.1) is 57.6 Å². The predicted molar refractivity (Wildman–Crippen MR) is 381 cm³/mol. The van der Waals surface area contributed by atoms with Crippen LogP contribution in [0.15, 0.2) is 154 Å². The van der Waals surface area contributed by atoms with Gasteiger partial charge >= 0.3 is 11.9 Å². The lowest BCUT2D eigenvalue weighted by molar-refractivity contribution is -0.143. The van der Waals surface area contributed by atoms with Crippen LogP contribution in [0.2, 0.25) is 0 Å². The normalized spacial score (nSPS) is 18.2. The molecule has 0 radical (unpaired) electrons. The van der Waals surface area contributed by atoms with Crippen molar-refractivity contribution in [3.05, 3.63) is 202 Å². The zero-order valence-corrected chi connectivity index (χ0v) is 59.6. The molecule has 0 saturated carbocycles. The van der Waals surface area contributed by atoms with Gasteiger partial charge in [0.1, 0.15) is 23.0 Å². The number of H-pyrrole nitrogens is 2. The second-order valence-electron chi connectivity index (χ2n) is 28.1. The topological polar surface area (TPSA) is 244 Å². The van der Waals surface area contributed by atoms with Crippen LogP contribution in [0.3, 0.4) is 0 Å². The summed E-state index contributed by atoms with van der Waals surface area (Å²) in [6.07, 6.45) is 19.0. The second-order valence-corrected chi connectivity index (χ2v) is 30.2. The molecule has 8 aromatic heterocycles. The minimum atomic E-state index is -0.871. The van der Waals surface area contributed by atoms with Gasteiger partial charge in [0, 0.05) is 100 Å². The smallest absolute Gasteiger partial charge is 0.310 e. The number of pyridine rings is 2. The minimum Gasteiger partial charge on any atom is -0.481 e. The maximum absolute atomic E-state index is 15.9. The lowest BCUT2D eigenvalue weighted by atomic mass is 9.75. The highest BCUT2D eigenvalue weighted by atomic mass is 32.2. The van der Waals surface area contributed by atoms with E-state index in [-0.39, 0.29) is 28.4 Å². The summed E-state index contributed by atoms with van der Waals surface area (Å²) in [4.78, 5) is 52.7. The lowest BCUT2D eigenvalue weighted by Gasteiger charge is -2.29. The number of esters is 1. The van der Waals surface area contributed by atoms with E-state index < -0.39 is 22.7 Å². The van der Waals surface area contributed by atoms with Crippen LogP contribution in [0.1, 0.15) is 176 Å². The van der Waals surface area contributed by atoms with Crippen molar-refractivity contribution in [2.45, 2.75) is 180 Å². The van der Waals surface area contributed by atoms with Gasteiger partial charge in [-0.1, -0.05) is 136 Å². The largest absolute Gasteiger partial charge is 0.481 e. The maximum atomic E-state index is 15.9. The molecule has 2 aliphatic heterocycles. The molecule has 0 amide bonds. The van der Waals surface area contributed by atoms with Gasteiger partial charge < -0.3 is 19.8 Å². The lowest BCUT2D eigenvalue weighted by Crippen LogP contribution is -2.26. The molecule has 12 bridgehead atoms. The van der Waals surface area contributed by atoms with Gasteiger partial charge in [0.25, 0.3) is 0 Å². The molecule has 3 N–H and O–H groups in total. The molecule has 1 unspecified atom stereocenters. The number of nitrogens with zero attached hydrogens (tertiary/aromatic N) is 14. The number of carbonyl (C=O) groups excluding carboxylic acids is 1. The Morgan fingerprint density at radius 2 is 1.11 bits per heavy atom. The quantitative estimate of drug-likeness (QED) is 0.120. The number of carboxylic acid groups (broad SMARTS) is 1. The summed E-state index contributed by atoms with van der Waals surface area (Å²) >= 11 is 2.71. The monoisotopic (exact) mass is 1380 g/mol. The average Bonchev–Trinajstić information content (AvgIpc) is 1.56. The van der Waals surface area contributed by atoms with E-state index in [4.69, 9.17) is 29.9 Å². The molecule has 100 heavy (non-hydrogen) atoms. The maximum Gasteiger partial charge on any atom is 0.310 e. The number of halogens is 2. The van der Waals surface area contributed by atoms with Gasteiger partial charge in [0.15, 0.2) is 23.3 Å². The number of aryl methyl sites for hydroxylation is 3. The molecule has 0 fully saturated rings. The Kier molecular flexibility index (Phi) is 19.4. The fourth-order valence-corrected chi connectivity index (χ4v) is 15.7. The highest BCUT2D eigenvalue weighted by molar-refractivity contribution is 7.99. The predicted octanol–water partition coefficient (Wildman–Crippen LogP) is 15.6. The highest BCUT2D eigenvalue weighted by Gasteiger charge is 2.38. The number of aliphatic carboxylic acids is 1. The number of carbonyl (C=O) groups is 2. The third kappa shape index (κ3) is 14.1. The first-order valence-electron chi connectivity index (χ1n) is 34.0. The van der Waals surface area contributed by atoms with Crippen LogP contribution in [-0.2, 0) is 69.6 Å². The number of carboxylic acids is 1. The number of hydrogen-bond donors (Lipinski definition) is 3. The molecule has 20 nitrogen and oxygen atoms in total. The van der Waals surface area contributed by atoms with Gasteiger partial charge in [-0.2, -0.15) is 10.2 Å². The van der Waals surface area contributed by atoms with E-state index in [1.165, 1.54) is 29.6 Å². The number of rotatable bonds is 8. The van der Waals surface area contributed by atoms with Crippen molar-refractivity contribution in [2.75, 3.05) is 6.61 Å². The van der Waals surface area contributed by atoms with Crippen molar-refractivity contribution in [3.8, 4) is 23.0 Å². The standard InChI is InChI=1S/C39H43FN8O2S.C37H39FN8O2S/c1-6-50-34(49)13-12-25-10-9-11-26(20-25)39(4)17-8-7-16-38(2,3)33-24-48(46-44-33)23-29-28-15-19-41-31(28)22-30(40)35(29)51-27-14-18-42-32(21-27)36-43-37(39)45-47(36)5;1-22(34(47)48)23-9-8-10-24(17-23)37(4)14-7-6-13-36(2,3)31-21-46(44-42-31)20-27-26-12-16-39-29(26)19-28(38)32(27)49-25-11-15-40-30(18-25)33-41-35(37)43-45(33)5/h9-11,14-15,18-22,24,41H,6-8,12-13,16-17,23H2,1-5H3;8-12,15-19,21-22,39H,6-7,13-14,20H2,1-5H3,(H,47,48)/t39-;22?,37-/m11/s1. The summed E-state index contributed by atoms with van der Waals surface area (Å²) in [6.45, 7) is 17.7. The Morgan fingerprint density at radius 3 is 1.60 bits per heavy atom. The minimum absolute atomic E-state index is 0.198. The van der Waals surface area contributed by atoms with Crippen LogP contribution in [0.4, 0.5) is 8.78 Å². The third-order valence-corrected chi connectivity index (χ3v) is 22.3. The molecule has 4 aromatic carbocycles. The van der Waals surface area contributed by atoms with Crippen molar-refractivity contribution in [2.24, 2.45) is 14.1 Å². The van der Waals surface area contributed by atoms with Gasteiger partial charge in [-0.3, -0.25) is 19.6 Å². The fourth-order valence-electron chi connectivity index (χ4n) is 13.8. The SMILES string of the molecule is CC(C(=O)O)c1cccc([C@@]2(C)CCCCC(C)(C)c3cn(nn3)Cc3c(c(F)cc4[nH]ccc34)Sc3ccnc(c3)-c3nc2nn3C)c1.CCOC(=O)CCc1cccc([C@@]2(C)CCCCC(C)(C)c3cn(nn3)Cc3c(c(F)cc4[nH]ccc34)Sc3ccnc(c3)-c3nc2nn3C)c1. The molecule has 10 heterocycles. The van der Waals surface area contributed by atoms with E-state index >= 15 is 8.78 Å². The molecule has 3 atom stereocenters. The van der Waals surface area contributed by atoms with Crippen LogP contribution in [0.5, 0.6) is 0 Å². The zero-order chi connectivity index (χ0) is 70.3. The first-order chi connectivity index (χ1) is 48.0. The van der Waals surface area contributed by atoms with Gasteiger partial charge in [-0.25, -0.2) is 37.5 Å². The molecule has 0 spiro atoms. The zero-order valence-electron chi connectivity index (χ0n) is 58.0. The summed E-state index contributed by atoms with van der Waals surface area (Å²) < 4.78 is 44.2. The van der Waals surface area contributed by atoms with E-state index in [2.05, 4.69) is 95.3 Å². The Labute approximate surface area is 587 Å². The van der Waals surface area contributed by atoms with Crippen LogP contribution in [0.25, 0.3) is 44.8 Å². The average molecular weight is 1390 g/mol. The van der Waals surface area contributed by atoms with E-state index in [0.29, 0.717) is 77.0 Å². The Hall–Kier alpha value is -9.68. The molecule has 14 rings (SSSR count). The van der Waals surface area contributed by atoms with Crippen molar-refractivity contribution in [1.29, 1.82) is 0 Å². The molecule has 2 aliphatic rings. The molecule has 0 aliphatic carbocycles. The van der Waals surface area contributed by atoms with Gasteiger partial charge in [-0.15, -0.1) is 10.2 Å². The van der Waals surface area contributed by atoms with Crippen LogP contribution in [0, 0.1) is 11.6 Å². The van der Waals surface area contributed by atoms with Gasteiger partial charge in [0.2, 0.25) is 0 Å². The number of aromatic amines is 2. The molecule has 12 aromatic rings. The summed E-state index contributed by atoms with van der Waals surface area (Å²) in [5.41, 5.74) is 8.41. The van der Waals surface area contributed by atoms with Gasteiger partial charge in [-0.05, 0) is 142 Å². The molecule has 24 heteroatoms. The first-order valence-corrected chi connectivity index (χ1v) is 35.7. The number of nitrogens with one attached hydrogen (secondary N) is 2. The van der Waals surface area contributed by atoms with E-state index in [9.17, 15) is 14.7 Å². The van der Waals surface area contributed by atoms with Crippen molar-refractivity contribution < 1.29 is 28.2 Å². The van der Waals surface area contributed by atoms with Crippen molar-refractivity contribution in [1.82, 2.24) is 79.5 Å². The second kappa shape index (κ2) is 28.2. The highest BCUT2D eigenvalue weighted by Crippen LogP contribution is 2.44.